The Morgan fingerprint density at radius 3 is 2.37 bits per heavy atom. The van der Waals surface area contributed by atoms with Crippen LogP contribution in [0, 0.1) is 0 Å². The van der Waals surface area contributed by atoms with Crippen LogP contribution in [0.25, 0.3) is 0 Å². The number of ether oxygens (including phenoxy) is 3. The van der Waals surface area contributed by atoms with Gasteiger partial charge < -0.3 is 24.2 Å². The van der Waals surface area contributed by atoms with E-state index in [1.165, 1.54) is 4.90 Å². The van der Waals surface area contributed by atoms with E-state index in [1.807, 2.05) is 54.6 Å². The van der Waals surface area contributed by atoms with E-state index < -0.39 is 11.5 Å². The third-order valence-corrected chi connectivity index (χ3v) is 5.35. The first-order chi connectivity index (χ1) is 14.4. The summed E-state index contributed by atoms with van der Waals surface area (Å²) in [4.78, 5) is 14.5. The van der Waals surface area contributed by atoms with Crippen LogP contribution < -0.4 is 4.74 Å². The van der Waals surface area contributed by atoms with Crippen molar-refractivity contribution in [1.82, 2.24) is 4.90 Å². The first-order valence-electron chi connectivity index (χ1n) is 10.3. The third kappa shape index (κ3) is 5.81. The van der Waals surface area contributed by atoms with Crippen molar-refractivity contribution < 1.29 is 24.1 Å². The van der Waals surface area contributed by atoms with Crippen LogP contribution in [-0.4, -0.2) is 55.1 Å². The number of benzene rings is 2. The van der Waals surface area contributed by atoms with Gasteiger partial charge in [0.25, 0.3) is 0 Å². The highest BCUT2D eigenvalue weighted by molar-refractivity contribution is 5.84. The molecule has 30 heavy (non-hydrogen) atoms. The summed E-state index contributed by atoms with van der Waals surface area (Å²) >= 11 is 0. The minimum absolute atomic E-state index is 0.147. The molecule has 1 heterocycles. The lowest BCUT2D eigenvalue weighted by Crippen LogP contribution is -2.43. The SMILES string of the molecule is CN(C)C(=O)C(c1ccc(OCc2ccccc2)cc1)C(C)(O)CCC1OCCO1. The number of hydrogen-bond acceptors (Lipinski definition) is 5. The monoisotopic (exact) mass is 413 g/mol. The zero-order chi connectivity index (χ0) is 21.6. The van der Waals surface area contributed by atoms with Crippen LogP contribution in [0.3, 0.4) is 0 Å². The highest BCUT2D eigenvalue weighted by Gasteiger charge is 2.40. The maximum atomic E-state index is 13.0. The highest BCUT2D eigenvalue weighted by atomic mass is 16.7. The van der Waals surface area contributed by atoms with E-state index in [1.54, 1.807) is 21.0 Å². The molecule has 0 aromatic heterocycles. The summed E-state index contributed by atoms with van der Waals surface area (Å²) in [6.07, 6.45) is 0.594. The lowest BCUT2D eigenvalue weighted by atomic mass is 9.79. The molecule has 1 amide bonds. The lowest BCUT2D eigenvalue weighted by Gasteiger charge is -2.34. The van der Waals surface area contributed by atoms with Crippen LogP contribution in [0.2, 0.25) is 0 Å². The number of hydrogen-bond donors (Lipinski definition) is 1. The van der Waals surface area contributed by atoms with Crippen LogP contribution in [0.5, 0.6) is 5.75 Å². The molecule has 6 nitrogen and oxygen atoms in total. The molecular formula is C24H31NO5. The van der Waals surface area contributed by atoms with Crippen LogP contribution >= 0.6 is 0 Å². The van der Waals surface area contributed by atoms with Gasteiger partial charge >= 0.3 is 0 Å². The second kappa shape index (κ2) is 10.1. The first kappa shape index (κ1) is 22.3. The Balaban J connectivity index is 1.71. The number of aliphatic hydroxyl groups is 1. The number of carbonyl (C=O) groups is 1. The van der Waals surface area contributed by atoms with Crippen molar-refractivity contribution in [3.63, 3.8) is 0 Å². The molecule has 3 rings (SSSR count). The van der Waals surface area contributed by atoms with Crippen molar-refractivity contribution in [1.29, 1.82) is 0 Å². The van der Waals surface area contributed by atoms with Crippen molar-refractivity contribution >= 4 is 5.91 Å². The van der Waals surface area contributed by atoms with Crippen molar-refractivity contribution in [3.8, 4) is 5.75 Å². The second-order valence-electron chi connectivity index (χ2n) is 8.08. The molecule has 1 fully saturated rings. The second-order valence-corrected chi connectivity index (χ2v) is 8.08. The third-order valence-electron chi connectivity index (χ3n) is 5.35. The maximum Gasteiger partial charge on any atom is 0.232 e. The number of carbonyl (C=O) groups excluding carboxylic acids is 1. The molecule has 2 unspecified atom stereocenters. The molecule has 1 N–H and O–H groups in total. The van der Waals surface area contributed by atoms with E-state index in [0.717, 1.165) is 11.1 Å². The summed E-state index contributed by atoms with van der Waals surface area (Å²) in [5, 5.41) is 11.2. The Bertz CT molecular complexity index is 798. The predicted octanol–water partition coefficient (Wildman–Crippen LogP) is 3.34. The van der Waals surface area contributed by atoms with E-state index in [2.05, 4.69) is 0 Å². The number of likely N-dealkylation sites (N-methyl/N-ethyl adjacent to an activating group) is 1. The molecule has 1 aliphatic heterocycles. The molecule has 0 saturated carbocycles. The van der Waals surface area contributed by atoms with E-state index in [-0.39, 0.29) is 12.2 Å². The fourth-order valence-electron chi connectivity index (χ4n) is 3.65. The highest BCUT2D eigenvalue weighted by Crippen LogP contribution is 2.35. The normalized spacial score (nSPS) is 17.3. The summed E-state index contributed by atoms with van der Waals surface area (Å²) < 4.78 is 16.8. The van der Waals surface area contributed by atoms with E-state index in [0.29, 0.717) is 38.4 Å². The average molecular weight is 414 g/mol. The van der Waals surface area contributed by atoms with Gasteiger partial charge in [-0.2, -0.15) is 0 Å². The average Bonchev–Trinajstić information content (AvgIpc) is 3.26. The molecule has 2 aromatic carbocycles. The first-order valence-corrected chi connectivity index (χ1v) is 10.3. The Labute approximate surface area is 178 Å². The lowest BCUT2D eigenvalue weighted by molar-refractivity contribution is -0.138. The summed E-state index contributed by atoms with van der Waals surface area (Å²) in [6, 6.07) is 17.3. The van der Waals surface area contributed by atoms with E-state index in [4.69, 9.17) is 14.2 Å². The van der Waals surface area contributed by atoms with Gasteiger partial charge in [0.1, 0.15) is 12.4 Å². The van der Waals surface area contributed by atoms with E-state index in [9.17, 15) is 9.90 Å². The minimum Gasteiger partial charge on any atom is -0.489 e. The molecule has 6 heteroatoms. The van der Waals surface area contributed by atoms with Crippen molar-refractivity contribution in [2.24, 2.45) is 0 Å². The largest absolute Gasteiger partial charge is 0.489 e. The standard InChI is InChI=1S/C24H31NO5/c1-24(27,14-13-21-28-15-16-29-21)22(23(26)25(2)3)19-9-11-20(12-10-19)30-17-18-7-5-4-6-8-18/h4-12,21-22,27H,13-17H2,1-3H3. The molecule has 1 aliphatic rings. The van der Waals surface area contributed by atoms with Crippen LogP contribution in [0.15, 0.2) is 54.6 Å². The molecular weight excluding hydrogens is 382 g/mol. The van der Waals surface area contributed by atoms with Gasteiger partial charge in [-0.3, -0.25) is 4.79 Å². The van der Waals surface area contributed by atoms with Crippen molar-refractivity contribution in [2.45, 2.75) is 44.2 Å². The van der Waals surface area contributed by atoms with Crippen LogP contribution in [0.1, 0.15) is 36.8 Å². The summed E-state index contributed by atoms with van der Waals surface area (Å²) in [5.41, 5.74) is 0.587. The van der Waals surface area contributed by atoms with Crippen molar-refractivity contribution in [2.75, 3.05) is 27.3 Å². The number of amides is 1. The molecule has 2 atom stereocenters. The van der Waals surface area contributed by atoms with E-state index >= 15 is 0 Å². The smallest absolute Gasteiger partial charge is 0.232 e. The fourth-order valence-corrected chi connectivity index (χ4v) is 3.65. The molecule has 162 valence electrons. The molecule has 2 aromatic rings. The number of rotatable bonds is 9. The zero-order valence-electron chi connectivity index (χ0n) is 17.9. The van der Waals surface area contributed by atoms with Gasteiger partial charge in [-0.25, -0.2) is 0 Å². The molecule has 1 saturated heterocycles. The number of nitrogens with zero attached hydrogens (tertiary/aromatic N) is 1. The van der Waals surface area contributed by atoms with Gasteiger partial charge in [-0.1, -0.05) is 42.5 Å². The Kier molecular flexibility index (Phi) is 7.48. The summed E-state index contributed by atoms with van der Waals surface area (Å²) in [6.45, 7) is 3.31. The molecule has 0 bridgehead atoms. The van der Waals surface area contributed by atoms with Gasteiger partial charge in [0, 0.05) is 20.5 Å². The van der Waals surface area contributed by atoms with Gasteiger partial charge in [0.2, 0.25) is 5.91 Å². The van der Waals surface area contributed by atoms with Gasteiger partial charge in [0.15, 0.2) is 6.29 Å². The van der Waals surface area contributed by atoms with Crippen molar-refractivity contribution in [3.05, 3.63) is 65.7 Å². The Morgan fingerprint density at radius 2 is 1.77 bits per heavy atom. The topological polar surface area (TPSA) is 68.2 Å². The fraction of sp³-hybridized carbons (Fsp3) is 0.458. The van der Waals surface area contributed by atoms with Gasteiger partial charge in [-0.15, -0.1) is 0 Å². The molecule has 0 spiro atoms. The quantitative estimate of drug-likeness (QED) is 0.683. The molecule has 0 aliphatic carbocycles. The maximum absolute atomic E-state index is 13.0. The van der Waals surface area contributed by atoms with Gasteiger partial charge in [-0.05, 0) is 36.6 Å². The van der Waals surface area contributed by atoms with Crippen LogP contribution in [0.4, 0.5) is 0 Å². The van der Waals surface area contributed by atoms with Gasteiger partial charge in [0.05, 0.1) is 24.7 Å². The van der Waals surface area contributed by atoms with Crippen LogP contribution in [-0.2, 0) is 20.9 Å². The Morgan fingerprint density at radius 1 is 1.13 bits per heavy atom. The zero-order valence-corrected chi connectivity index (χ0v) is 17.9. The summed E-state index contributed by atoms with van der Waals surface area (Å²) in [5.74, 6) is -0.130. The predicted molar refractivity (Wildman–Crippen MR) is 114 cm³/mol. The summed E-state index contributed by atoms with van der Waals surface area (Å²) in [7, 11) is 3.40. The minimum atomic E-state index is -1.25. The Hall–Kier alpha value is -2.41. The molecule has 0 radical (unpaired) electrons.